The average molecular weight is 495 g/mol. The molecule has 1 fully saturated rings. The summed E-state index contributed by atoms with van der Waals surface area (Å²) in [4.78, 5) is 28.3. The quantitative estimate of drug-likeness (QED) is 0.302. The molecule has 1 heterocycles. The summed E-state index contributed by atoms with van der Waals surface area (Å²) < 4.78 is 11.1. The average Bonchev–Trinajstić information content (AvgIpc) is 3.21. The Bertz CT molecular complexity index is 1470. The van der Waals surface area contributed by atoms with Gasteiger partial charge in [-0.2, -0.15) is 5.26 Å². The number of anilines is 1. The Morgan fingerprint density at radius 1 is 0.973 bits per heavy atom. The lowest BCUT2D eigenvalue weighted by atomic mass is 9.88. The van der Waals surface area contributed by atoms with Crippen molar-refractivity contribution in [3.8, 4) is 17.6 Å². The number of hydrogen-bond donors (Lipinski definition) is 1. The molecule has 0 saturated carbocycles. The second-order valence-corrected chi connectivity index (χ2v) is 9.10. The smallest absolute Gasteiger partial charge is 0.300 e. The maximum atomic E-state index is 13.5. The van der Waals surface area contributed by atoms with Gasteiger partial charge in [0, 0.05) is 16.8 Å². The molecule has 0 aromatic heterocycles. The molecule has 2 aliphatic rings. The van der Waals surface area contributed by atoms with Crippen LogP contribution in [0.1, 0.15) is 46.7 Å². The molecule has 37 heavy (non-hydrogen) atoms. The van der Waals surface area contributed by atoms with Gasteiger partial charge in [-0.3, -0.25) is 14.5 Å². The zero-order valence-corrected chi connectivity index (χ0v) is 20.7. The summed E-state index contributed by atoms with van der Waals surface area (Å²) in [5, 5.41) is 20.8. The lowest BCUT2D eigenvalue weighted by Crippen LogP contribution is -2.29. The summed E-state index contributed by atoms with van der Waals surface area (Å²) in [5.74, 6) is -1.03. The Morgan fingerprint density at radius 2 is 1.70 bits per heavy atom. The van der Waals surface area contributed by atoms with Gasteiger partial charge in [-0.15, -0.1) is 0 Å². The van der Waals surface area contributed by atoms with E-state index in [1.165, 1.54) is 24.7 Å². The molecule has 0 spiro atoms. The second-order valence-electron chi connectivity index (χ2n) is 9.10. The molecule has 3 aromatic rings. The molecule has 1 aliphatic carbocycles. The molecule has 1 atom stereocenters. The van der Waals surface area contributed by atoms with Gasteiger partial charge in [-0.1, -0.05) is 24.3 Å². The zero-order chi connectivity index (χ0) is 26.1. The number of benzene rings is 3. The van der Waals surface area contributed by atoms with Gasteiger partial charge in [0.2, 0.25) is 0 Å². The number of fused-ring (bicyclic) bond motifs is 1. The molecule has 5 rings (SSSR count). The predicted octanol–water partition coefficient (Wildman–Crippen LogP) is 5.08. The van der Waals surface area contributed by atoms with Crippen LogP contribution in [-0.2, 0) is 22.4 Å². The molecule has 7 nitrogen and oxygen atoms in total. The highest BCUT2D eigenvalue weighted by Crippen LogP contribution is 2.47. The number of carbonyl (C=O) groups excluding carboxylic acids is 2. The van der Waals surface area contributed by atoms with Crippen LogP contribution in [-0.4, -0.2) is 31.0 Å². The Kier molecular flexibility index (Phi) is 6.41. The first-order valence-electron chi connectivity index (χ1n) is 12.1. The number of carbonyl (C=O) groups is 2. The maximum absolute atomic E-state index is 13.5. The minimum atomic E-state index is -0.978. The maximum Gasteiger partial charge on any atom is 0.300 e. The SMILES string of the molecule is COc1cccc(C2/C(=C(\O)c3ccc4c(c3)CCCC4)C(=O)C(=O)N2c2ccc(C#N)cc2)c1OC. The molecule has 1 N–H and O–H groups in total. The Balaban J connectivity index is 1.74. The summed E-state index contributed by atoms with van der Waals surface area (Å²) in [6, 6.07) is 18.4. The third-order valence-corrected chi connectivity index (χ3v) is 7.07. The molecule has 1 saturated heterocycles. The molecule has 1 unspecified atom stereocenters. The van der Waals surface area contributed by atoms with Crippen LogP contribution >= 0.6 is 0 Å². The number of rotatable bonds is 5. The van der Waals surface area contributed by atoms with Crippen molar-refractivity contribution in [3.05, 3.63) is 94.1 Å². The number of ketones is 1. The van der Waals surface area contributed by atoms with E-state index in [2.05, 4.69) is 6.07 Å². The van der Waals surface area contributed by atoms with E-state index < -0.39 is 17.7 Å². The van der Waals surface area contributed by atoms with Gasteiger partial charge in [0.25, 0.3) is 11.7 Å². The molecule has 1 amide bonds. The van der Waals surface area contributed by atoms with E-state index in [1.807, 2.05) is 12.1 Å². The standard InChI is InChI=1S/C30H26N2O5/c1-36-24-9-5-8-23(29(24)37-2)26-25(27(33)21-13-12-19-6-3-4-7-20(19)16-21)28(34)30(35)32(26)22-14-10-18(17-31)11-15-22/h5,8-16,26,33H,3-4,6-7H2,1-2H3/b27-25+. The summed E-state index contributed by atoms with van der Waals surface area (Å²) >= 11 is 0. The monoisotopic (exact) mass is 494 g/mol. The van der Waals surface area contributed by atoms with Gasteiger partial charge in [0.15, 0.2) is 11.5 Å². The minimum absolute atomic E-state index is 0.0309. The van der Waals surface area contributed by atoms with Crippen LogP contribution in [0.15, 0.2) is 66.2 Å². The van der Waals surface area contributed by atoms with Crippen LogP contribution in [0.5, 0.6) is 11.5 Å². The normalized spacial score (nSPS) is 18.3. The van der Waals surface area contributed by atoms with Crippen molar-refractivity contribution in [2.24, 2.45) is 0 Å². The van der Waals surface area contributed by atoms with Crippen LogP contribution in [0, 0.1) is 11.3 Å². The fourth-order valence-corrected chi connectivity index (χ4v) is 5.25. The molecular weight excluding hydrogens is 468 g/mol. The number of nitriles is 1. The Labute approximate surface area is 215 Å². The summed E-state index contributed by atoms with van der Waals surface area (Å²) in [6.07, 6.45) is 4.09. The first-order valence-corrected chi connectivity index (χ1v) is 12.1. The number of Topliss-reactive ketones (excluding diaryl/α,β-unsaturated/α-hetero) is 1. The topological polar surface area (TPSA) is 99.9 Å². The number of amides is 1. The lowest BCUT2D eigenvalue weighted by Gasteiger charge is -2.27. The Hall–Kier alpha value is -4.57. The van der Waals surface area contributed by atoms with Gasteiger partial charge in [-0.05, 0) is 73.2 Å². The van der Waals surface area contributed by atoms with E-state index in [1.54, 1.807) is 48.5 Å². The highest BCUT2D eigenvalue weighted by molar-refractivity contribution is 6.51. The van der Waals surface area contributed by atoms with Crippen LogP contribution in [0.2, 0.25) is 0 Å². The fraction of sp³-hybridized carbons (Fsp3) is 0.233. The summed E-state index contributed by atoms with van der Waals surface area (Å²) in [6.45, 7) is 0. The van der Waals surface area contributed by atoms with Crippen molar-refractivity contribution in [1.29, 1.82) is 5.26 Å². The van der Waals surface area contributed by atoms with E-state index in [0.717, 1.165) is 31.2 Å². The first kappa shape index (κ1) is 24.1. The zero-order valence-electron chi connectivity index (χ0n) is 20.7. The number of ether oxygens (including phenoxy) is 2. The highest BCUT2D eigenvalue weighted by Gasteiger charge is 2.48. The van der Waals surface area contributed by atoms with Gasteiger partial charge in [0.1, 0.15) is 5.76 Å². The lowest BCUT2D eigenvalue weighted by molar-refractivity contribution is -0.132. The number of hydrogen-bond acceptors (Lipinski definition) is 6. The largest absolute Gasteiger partial charge is 0.507 e. The summed E-state index contributed by atoms with van der Waals surface area (Å²) in [5.41, 5.74) is 4.18. The molecule has 0 bridgehead atoms. The number of aliphatic hydroxyl groups is 1. The van der Waals surface area contributed by atoms with Crippen molar-refractivity contribution in [2.45, 2.75) is 31.7 Å². The van der Waals surface area contributed by atoms with Gasteiger partial charge in [0.05, 0.1) is 37.5 Å². The van der Waals surface area contributed by atoms with Crippen LogP contribution in [0.3, 0.4) is 0 Å². The molecule has 7 heteroatoms. The van der Waals surface area contributed by atoms with Gasteiger partial charge < -0.3 is 14.6 Å². The van der Waals surface area contributed by atoms with E-state index in [4.69, 9.17) is 9.47 Å². The molecule has 0 radical (unpaired) electrons. The van der Waals surface area contributed by atoms with E-state index in [9.17, 15) is 20.0 Å². The van der Waals surface area contributed by atoms with E-state index in [0.29, 0.717) is 33.9 Å². The van der Waals surface area contributed by atoms with Crippen LogP contribution in [0.25, 0.3) is 5.76 Å². The molecular formula is C30H26N2O5. The van der Waals surface area contributed by atoms with E-state index in [-0.39, 0.29) is 11.3 Å². The van der Waals surface area contributed by atoms with Crippen molar-refractivity contribution in [1.82, 2.24) is 0 Å². The van der Waals surface area contributed by atoms with Crippen molar-refractivity contribution >= 4 is 23.1 Å². The third kappa shape index (κ3) is 4.11. The second kappa shape index (κ2) is 9.82. The third-order valence-electron chi connectivity index (χ3n) is 7.07. The summed E-state index contributed by atoms with van der Waals surface area (Å²) in [7, 11) is 2.99. The van der Waals surface area contributed by atoms with Crippen molar-refractivity contribution < 1.29 is 24.2 Å². The number of aliphatic hydroxyl groups excluding tert-OH is 1. The van der Waals surface area contributed by atoms with Crippen molar-refractivity contribution in [2.75, 3.05) is 19.1 Å². The number of nitrogens with zero attached hydrogens (tertiary/aromatic N) is 2. The number of aryl methyl sites for hydroxylation is 2. The van der Waals surface area contributed by atoms with Gasteiger partial charge in [-0.25, -0.2) is 0 Å². The minimum Gasteiger partial charge on any atom is -0.507 e. The van der Waals surface area contributed by atoms with Crippen molar-refractivity contribution in [3.63, 3.8) is 0 Å². The molecule has 186 valence electrons. The predicted molar refractivity (Wildman–Crippen MR) is 139 cm³/mol. The fourth-order valence-electron chi connectivity index (χ4n) is 5.25. The first-order chi connectivity index (χ1) is 18.0. The highest BCUT2D eigenvalue weighted by atomic mass is 16.5. The van der Waals surface area contributed by atoms with E-state index >= 15 is 0 Å². The van der Waals surface area contributed by atoms with Crippen LogP contribution < -0.4 is 14.4 Å². The molecule has 1 aliphatic heterocycles. The molecule has 3 aromatic carbocycles. The Morgan fingerprint density at radius 3 is 2.38 bits per heavy atom. The van der Waals surface area contributed by atoms with Crippen LogP contribution in [0.4, 0.5) is 5.69 Å². The number of para-hydroxylation sites is 1. The van der Waals surface area contributed by atoms with Gasteiger partial charge >= 0.3 is 0 Å². The number of methoxy groups -OCH3 is 2.